The molecular formula is C15H16N2O4S. The molecule has 116 valence electrons. The highest BCUT2D eigenvalue weighted by Crippen LogP contribution is 2.19. The summed E-state index contributed by atoms with van der Waals surface area (Å²) in [6, 6.07) is 13.4. The van der Waals surface area contributed by atoms with Crippen molar-refractivity contribution in [3.63, 3.8) is 0 Å². The Balaban J connectivity index is 2.15. The fourth-order valence-corrected chi connectivity index (χ4v) is 2.90. The van der Waals surface area contributed by atoms with Gasteiger partial charge >= 0.3 is 0 Å². The summed E-state index contributed by atoms with van der Waals surface area (Å²) in [5, 5.41) is 13.9. The fourth-order valence-electron chi connectivity index (χ4n) is 2.08. The molecule has 0 amide bonds. The van der Waals surface area contributed by atoms with E-state index in [0.717, 1.165) is 5.56 Å². The number of sulfone groups is 1. The Kier molecular flexibility index (Phi) is 4.77. The van der Waals surface area contributed by atoms with Crippen LogP contribution in [0.25, 0.3) is 0 Å². The summed E-state index contributed by atoms with van der Waals surface area (Å²) < 4.78 is 22.9. The molecule has 2 rings (SSSR count). The molecule has 0 heterocycles. The lowest BCUT2D eigenvalue weighted by molar-refractivity contribution is -0.384. The minimum atomic E-state index is -3.13. The van der Waals surface area contributed by atoms with Crippen molar-refractivity contribution in [3.8, 4) is 0 Å². The molecule has 0 bridgehead atoms. The van der Waals surface area contributed by atoms with Gasteiger partial charge in [-0.05, 0) is 17.2 Å². The van der Waals surface area contributed by atoms with Gasteiger partial charge in [0.15, 0.2) is 9.84 Å². The van der Waals surface area contributed by atoms with Crippen molar-refractivity contribution < 1.29 is 13.3 Å². The third-order valence-electron chi connectivity index (χ3n) is 3.04. The summed E-state index contributed by atoms with van der Waals surface area (Å²) in [6.07, 6.45) is 1.18. The first kappa shape index (κ1) is 16.0. The number of benzene rings is 2. The summed E-state index contributed by atoms with van der Waals surface area (Å²) in [7, 11) is -3.13. The summed E-state index contributed by atoms with van der Waals surface area (Å²) in [5.41, 5.74) is 2.17. The predicted molar refractivity (Wildman–Crippen MR) is 85.4 cm³/mol. The minimum Gasteiger partial charge on any atom is -0.381 e. The van der Waals surface area contributed by atoms with Gasteiger partial charge in [0, 0.05) is 30.6 Å². The molecule has 0 saturated heterocycles. The molecule has 0 atom stereocenters. The van der Waals surface area contributed by atoms with Crippen molar-refractivity contribution in [2.24, 2.45) is 0 Å². The summed E-state index contributed by atoms with van der Waals surface area (Å²) in [4.78, 5) is 10.3. The van der Waals surface area contributed by atoms with Gasteiger partial charge in [-0.1, -0.05) is 30.3 Å². The zero-order valence-electron chi connectivity index (χ0n) is 12.0. The van der Waals surface area contributed by atoms with E-state index in [1.165, 1.54) is 18.4 Å². The largest absolute Gasteiger partial charge is 0.381 e. The Labute approximate surface area is 128 Å². The van der Waals surface area contributed by atoms with Crippen LogP contribution < -0.4 is 5.32 Å². The Bertz CT molecular complexity index is 788. The van der Waals surface area contributed by atoms with Crippen molar-refractivity contribution in [1.82, 2.24) is 0 Å². The zero-order chi connectivity index (χ0) is 16.2. The minimum absolute atomic E-state index is 0.0312. The third kappa shape index (κ3) is 4.56. The second-order valence-electron chi connectivity index (χ2n) is 5.01. The maximum Gasteiger partial charge on any atom is 0.269 e. The molecule has 2 aromatic carbocycles. The molecule has 0 fully saturated rings. The van der Waals surface area contributed by atoms with E-state index < -0.39 is 14.8 Å². The lowest BCUT2D eigenvalue weighted by Crippen LogP contribution is -2.06. The van der Waals surface area contributed by atoms with Crippen LogP contribution in [-0.2, 0) is 22.1 Å². The maximum absolute atomic E-state index is 11.4. The molecule has 0 spiro atoms. The molecule has 22 heavy (non-hydrogen) atoms. The van der Waals surface area contributed by atoms with Crippen LogP contribution in [0, 0.1) is 10.1 Å². The number of nitrogens with one attached hydrogen (secondary N) is 1. The monoisotopic (exact) mass is 320 g/mol. The first-order valence-electron chi connectivity index (χ1n) is 6.58. The second-order valence-corrected chi connectivity index (χ2v) is 7.15. The molecule has 0 unspecified atom stereocenters. The van der Waals surface area contributed by atoms with Crippen molar-refractivity contribution in [1.29, 1.82) is 0 Å². The first-order chi connectivity index (χ1) is 10.3. The van der Waals surface area contributed by atoms with Crippen LogP contribution in [0.2, 0.25) is 0 Å². The number of hydrogen-bond acceptors (Lipinski definition) is 5. The van der Waals surface area contributed by atoms with E-state index >= 15 is 0 Å². The number of nitrogens with zero attached hydrogens (tertiary/aromatic N) is 1. The Morgan fingerprint density at radius 2 is 1.86 bits per heavy atom. The number of nitro groups is 1. The van der Waals surface area contributed by atoms with Gasteiger partial charge in [-0.25, -0.2) is 8.42 Å². The highest BCUT2D eigenvalue weighted by Gasteiger charge is 2.10. The van der Waals surface area contributed by atoms with Crippen molar-refractivity contribution in [2.45, 2.75) is 12.3 Å². The number of anilines is 1. The van der Waals surface area contributed by atoms with Crippen molar-refractivity contribution in [2.75, 3.05) is 11.6 Å². The fraction of sp³-hybridized carbons (Fsp3) is 0.200. The zero-order valence-corrected chi connectivity index (χ0v) is 12.8. The summed E-state index contributed by atoms with van der Waals surface area (Å²) in [6.45, 7) is 0.377. The summed E-state index contributed by atoms with van der Waals surface area (Å²) in [5.74, 6) is -0.0505. The average Bonchev–Trinajstić information content (AvgIpc) is 2.45. The molecule has 0 saturated carbocycles. The molecule has 0 radical (unpaired) electrons. The van der Waals surface area contributed by atoms with Gasteiger partial charge in [0.1, 0.15) is 0 Å². The number of para-hydroxylation sites is 1. The molecule has 0 aliphatic carbocycles. The highest BCUT2D eigenvalue weighted by molar-refractivity contribution is 7.89. The SMILES string of the molecule is CS(=O)(=O)Cc1ccccc1NCc1cccc([N+](=O)[O-])c1. The molecular weight excluding hydrogens is 304 g/mol. The summed E-state index contributed by atoms with van der Waals surface area (Å²) >= 11 is 0. The third-order valence-corrected chi connectivity index (χ3v) is 3.87. The second kappa shape index (κ2) is 6.57. The average molecular weight is 320 g/mol. The van der Waals surface area contributed by atoms with E-state index in [1.807, 2.05) is 6.07 Å². The highest BCUT2D eigenvalue weighted by atomic mass is 32.2. The molecule has 1 N–H and O–H groups in total. The van der Waals surface area contributed by atoms with Crippen LogP contribution in [-0.4, -0.2) is 19.6 Å². The maximum atomic E-state index is 11.4. The molecule has 6 nitrogen and oxygen atoms in total. The van der Waals surface area contributed by atoms with E-state index in [0.29, 0.717) is 17.8 Å². The molecule has 0 aliphatic rings. The number of non-ortho nitro benzene ring substituents is 1. The van der Waals surface area contributed by atoms with Crippen molar-refractivity contribution >= 4 is 21.2 Å². The van der Waals surface area contributed by atoms with Crippen LogP contribution in [0.5, 0.6) is 0 Å². The topological polar surface area (TPSA) is 89.3 Å². The van der Waals surface area contributed by atoms with Gasteiger partial charge < -0.3 is 5.32 Å². The Hall–Kier alpha value is -2.41. The molecule has 0 aromatic heterocycles. The van der Waals surface area contributed by atoms with Gasteiger partial charge in [-0.3, -0.25) is 10.1 Å². The van der Waals surface area contributed by atoms with Crippen LogP contribution in [0.1, 0.15) is 11.1 Å². The van der Waals surface area contributed by atoms with E-state index in [2.05, 4.69) is 5.32 Å². The van der Waals surface area contributed by atoms with E-state index in [1.54, 1.807) is 30.3 Å². The predicted octanol–water partition coefficient (Wildman–Crippen LogP) is 2.75. The van der Waals surface area contributed by atoms with Crippen LogP contribution in [0.15, 0.2) is 48.5 Å². The number of rotatable bonds is 6. The van der Waals surface area contributed by atoms with Crippen LogP contribution >= 0.6 is 0 Å². The number of nitro benzene ring substituents is 1. The van der Waals surface area contributed by atoms with Crippen molar-refractivity contribution in [3.05, 3.63) is 69.8 Å². The van der Waals surface area contributed by atoms with Crippen LogP contribution in [0.3, 0.4) is 0 Å². The van der Waals surface area contributed by atoms with E-state index in [4.69, 9.17) is 0 Å². The number of hydrogen-bond donors (Lipinski definition) is 1. The molecule has 7 heteroatoms. The normalized spacial score (nSPS) is 11.1. The van der Waals surface area contributed by atoms with E-state index in [-0.39, 0.29) is 11.4 Å². The van der Waals surface area contributed by atoms with Gasteiger partial charge in [0.2, 0.25) is 0 Å². The van der Waals surface area contributed by atoms with E-state index in [9.17, 15) is 18.5 Å². The molecule has 2 aromatic rings. The Morgan fingerprint density at radius 3 is 2.55 bits per heavy atom. The quantitative estimate of drug-likeness (QED) is 0.653. The standard InChI is InChI=1S/C15H16N2O4S/c1-22(20,21)11-13-6-2-3-8-15(13)16-10-12-5-4-7-14(9-12)17(18)19/h2-9,16H,10-11H2,1H3. The molecule has 0 aliphatic heterocycles. The van der Waals surface area contributed by atoms with Crippen LogP contribution in [0.4, 0.5) is 11.4 Å². The lowest BCUT2D eigenvalue weighted by atomic mass is 10.1. The first-order valence-corrected chi connectivity index (χ1v) is 8.64. The Morgan fingerprint density at radius 1 is 1.14 bits per heavy atom. The van der Waals surface area contributed by atoms with Gasteiger partial charge in [0.25, 0.3) is 5.69 Å². The lowest BCUT2D eigenvalue weighted by Gasteiger charge is -2.11. The van der Waals surface area contributed by atoms with Gasteiger partial charge in [-0.15, -0.1) is 0 Å². The van der Waals surface area contributed by atoms with Gasteiger partial charge in [0.05, 0.1) is 10.7 Å². The van der Waals surface area contributed by atoms with Gasteiger partial charge in [-0.2, -0.15) is 0 Å². The smallest absolute Gasteiger partial charge is 0.269 e.